The van der Waals surface area contributed by atoms with Crippen molar-refractivity contribution in [3.63, 3.8) is 0 Å². The molecule has 4 heteroatoms. The van der Waals surface area contributed by atoms with Crippen LogP contribution >= 0.6 is 11.8 Å². The van der Waals surface area contributed by atoms with Gasteiger partial charge < -0.3 is 10.4 Å². The molecular formula is C12H26N2OS. The van der Waals surface area contributed by atoms with Crippen molar-refractivity contribution >= 4 is 11.8 Å². The highest BCUT2D eigenvalue weighted by Crippen LogP contribution is 2.23. The van der Waals surface area contributed by atoms with Gasteiger partial charge in [0.2, 0.25) is 0 Å². The molecule has 0 radical (unpaired) electrons. The van der Waals surface area contributed by atoms with Gasteiger partial charge in [-0.3, -0.25) is 4.90 Å². The minimum atomic E-state index is -0.232. The summed E-state index contributed by atoms with van der Waals surface area (Å²) in [6, 6.07) is 0.583. The minimum absolute atomic E-state index is 0.232. The van der Waals surface area contributed by atoms with E-state index < -0.39 is 0 Å². The van der Waals surface area contributed by atoms with E-state index in [9.17, 15) is 5.11 Å². The Morgan fingerprint density at radius 2 is 2.25 bits per heavy atom. The van der Waals surface area contributed by atoms with Crippen molar-refractivity contribution in [3.05, 3.63) is 0 Å². The molecule has 3 atom stereocenters. The van der Waals surface area contributed by atoms with E-state index in [2.05, 4.69) is 31.0 Å². The average molecular weight is 246 g/mol. The number of thioether (sulfide) groups is 1. The molecule has 3 nitrogen and oxygen atoms in total. The van der Waals surface area contributed by atoms with Crippen LogP contribution in [0.25, 0.3) is 0 Å². The van der Waals surface area contributed by atoms with Gasteiger partial charge in [0.25, 0.3) is 0 Å². The lowest BCUT2D eigenvalue weighted by molar-refractivity contribution is 0.0923. The average Bonchev–Trinajstić information content (AvgIpc) is 2.25. The van der Waals surface area contributed by atoms with Gasteiger partial charge in [0, 0.05) is 36.7 Å². The fourth-order valence-electron chi connectivity index (χ4n) is 2.03. The van der Waals surface area contributed by atoms with Crippen LogP contribution in [0.3, 0.4) is 0 Å². The normalized spacial score (nSPS) is 29.2. The van der Waals surface area contributed by atoms with Crippen molar-refractivity contribution in [2.45, 2.75) is 44.6 Å². The molecule has 0 bridgehead atoms. The van der Waals surface area contributed by atoms with Crippen LogP contribution in [0.2, 0.25) is 0 Å². The molecule has 0 spiro atoms. The van der Waals surface area contributed by atoms with Crippen LogP contribution in [0.5, 0.6) is 0 Å². The molecule has 96 valence electrons. The van der Waals surface area contributed by atoms with Crippen molar-refractivity contribution in [1.82, 2.24) is 10.2 Å². The van der Waals surface area contributed by atoms with E-state index in [-0.39, 0.29) is 6.10 Å². The lowest BCUT2D eigenvalue weighted by atomic mass is 10.2. The summed E-state index contributed by atoms with van der Waals surface area (Å²) in [5, 5.41) is 13.9. The maximum Gasteiger partial charge on any atom is 0.0791 e. The Morgan fingerprint density at radius 1 is 1.50 bits per heavy atom. The molecule has 0 aromatic carbocycles. The molecular weight excluding hydrogens is 220 g/mol. The van der Waals surface area contributed by atoms with Crippen molar-refractivity contribution in [3.8, 4) is 0 Å². The predicted molar refractivity (Wildman–Crippen MR) is 72.1 cm³/mol. The van der Waals surface area contributed by atoms with Crippen molar-refractivity contribution in [2.75, 3.05) is 31.9 Å². The summed E-state index contributed by atoms with van der Waals surface area (Å²) in [5.74, 6) is 1.20. The highest BCUT2D eigenvalue weighted by molar-refractivity contribution is 8.00. The number of hydrogen-bond acceptors (Lipinski definition) is 4. The number of nitrogens with one attached hydrogen (secondary N) is 1. The Hall–Kier alpha value is 0.230. The van der Waals surface area contributed by atoms with E-state index in [1.807, 2.05) is 11.8 Å². The summed E-state index contributed by atoms with van der Waals surface area (Å²) in [7, 11) is 0. The topological polar surface area (TPSA) is 35.5 Å². The third-order valence-electron chi connectivity index (χ3n) is 3.27. The Kier molecular flexibility index (Phi) is 6.73. The molecule has 1 saturated heterocycles. The summed E-state index contributed by atoms with van der Waals surface area (Å²) >= 11 is 2.04. The van der Waals surface area contributed by atoms with E-state index in [0.717, 1.165) is 32.6 Å². The summed E-state index contributed by atoms with van der Waals surface area (Å²) in [6.07, 6.45) is 0.893. The van der Waals surface area contributed by atoms with Gasteiger partial charge in [-0.15, -0.1) is 0 Å². The van der Waals surface area contributed by atoms with Gasteiger partial charge in [0.1, 0.15) is 0 Å². The second kappa shape index (κ2) is 7.54. The van der Waals surface area contributed by atoms with Crippen molar-refractivity contribution in [2.24, 2.45) is 0 Å². The van der Waals surface area contributed by atoms with Crippen molar-refractivity contribution in [1.29, 1.82) is 0 Å². The Labute approximate surface area is 104 Å². The zero-order valence-corrected chi connectivity index (χ0v) is 11.6. The SMILES string of the molecule is CCCNCC(O)CN1CCSC(C)C1C. The molecule has 16 heavy (non-hydrogen) atoms. The number of β-amino-alcohol motifs (C(OH)–C–C–N with tert-alkyl or cyclic N) is 1. The lowest BCUT2D eigenvalue weighted by Crippen LogP contribution is -2.49. The lowest BCUT2D eigenvalue weighted by Gasteiger charge is -2.38. The maximum absolute atomic E-state index is 9.92. The van der Waals surface area contributed by atoms with Gasteiger partial charge in [0.05, 0.1) is 6.10 Å². The standard InChI is InChI=1S/C12H26N2OS/c1-4-5-13-8-12(15)9-14-6-7-16-11(3)10(14)2/h10-13,15H,4-9H2,1-3H3. The number of hydrogen-bond donors (Lipinski definition) is 2. The number of aliphatic hydroxyl groups is 1. The second-order valence-corrected chi connectivity index (χ2v) is 6.15. The van der Waals surface area contributed by atoms with Crippen LogP contribution in [0.4, 0.5) is 0 Å². The molecule has 0 aromatic rings. The molecule has 1 aliphatic heterocycles. The van der Waals surface area contributed by atoms with E-state index in [1.165, 1.54) is 5.75 Å². The number of rotatable bonds is 6. The monoisotopic (exact) mass is 246 g/mol. The maximum atomic E-state index is 9.92. The Bertz CT molecular complexity index is 192. The van der Waals surface area contributed by atoms with Gasteiger partial charge >= 0.3 is 0 Å². The molecule has 1 fully saturated rings. The molecule has 1 heterocycles. The highest BCUT2D eigenvalue weighted by atomic mass is 32.2. The molecule has 1 aliphatic rings. The smallest absolute Gasteiger partial charge is 0.0791 e. The molecule has 2 N–H and O–H groups in total. The zero-order valence-electron chi connectivity index (χ0n) is 10.8. The van der Waals surface area contributed by atoms with Crippen LogP contribution < -0.4 is 5.32 Å². The number of aliphatic hydroxyl groups excluding tert-OH is 1. The zero-order chi connectivity index (χ0) is 12.0. The summed E-state index contributed by atoms with van der Waals surface area (Å²) in [5.41, 5.74) is 0. The first kappa shape index (κ1) is 14.3. The minimum Gasteiger partial charge on any atom is -0.390 e. The molecule has 0 aromatic heterocycles. The van der Waals surface area contributed by atoms with Crippen molar-refractivity contribution < 1.29 is 5.11 Å². The van der Waals surface area contributed by atoms with Gasteiger partial charge in [-0.25, -0.2) is 0 Å². The van der Waals surface area contributed by atoms with Crippen LogP contribution in [0.15, 0.2) is 0 Å². The first-order chi connectivity index (χ1) is 7.65. The molecule has 0 aliphatic carbocycles. The van der Waals surface area contributed by atoms with Gasteiger partial charge in [-0.2, -0.15) is 11.8 Å². The van der Waals surface area contributed by atoms with Gasteiger partial charge in [-0.05, 0) is 19.9 Å². The van der Waals surface area contributed by atoms with Gasteiger partial charge in [0.15, 0.2) is 0 Å². The van der Waals surface area contributed by atoms with E-state index >= 15 is 0 Å². The van der Waals surface area contributed by atoms with Gasteiger partial charge in [-0.1, -0.05) is 13.8 Å². The molecule has 0 saturated carbocycles. The third kappa shape index (κ3) is 4.62. The first-order valence-electron chi connectivity index (χ1n) is 6.39. The fraction of sp³-hybridized carbons (Fsp3) is 1.00. The fourth-order valence-corrected chi connectivity index (χ4v) is 3.20. The second-order valence-electron chi connectivity index (χ2n) is 4.67. The summed E-state index contributed by atoms with van der Waals surface area (Å²) < 4.78 is 0. The summed E-state index contributed by atoms with van der Waals surface area (Å²) in [6.45, 7) is 10.3. The Morgan fingerprint density at radius 3 is 2.94 bits per heavy atom. The van der Waals surface area contributed by atoms with Crippen LogP contribution in [-0.4, -0.2) is 59.3 Å². The highest BCUT2D eigenvalue weighted by Gasteiger charge is 2.26. The number of nitrogens with zero attached hydrogens (tertiary/aromatic N) is 1. The quantitative estimate of drug-likeness (QED) is 0.690. The van der Waals surface area contributed by atoms with Crippen LogP contribution in [0.1, 0.15) is 27.2 Å². The molecule has 1 rings (SSSR count). The van der Waals surface area contributed by atoms with E-state index in [4.69, 9.17) is 0 Å². The first-order valence-corrected chi connectivity index (χ1v) is 7.44. The molecule has 0 amide bonds. The van der Waals surface area contributed by atoms with E-state index in [0.29, 0.717) is 11.3 Å². The molecule has 3 unspecified atom stereocenters. The van der Waals surface area contributed by atoms with Crippen LogP contribution in [-0.2, 0) is 0 Å². The summed E-state index contributed by atoms with van der Waals surface area (Å²) in [4.78, 5) is 2.42. The Balaban J connectivity index is 2.23. The van der Waals surface area contributed by atoms with E-state index in [1.54, 1.807) is 0 Å². The van der Waals surface area contributed by atoms with Crippen LogP contribution in [0, 0.1) is 0 Å². The predicted octanol–water partition coefficient (Wildman–Crippen LogP) is 1.17. The third-order valence-corrected chi connectivity index (χ3v) is 4.60. The largest absolute Gasteiger partial charge is 0.390 e.